The molecule has 3 heterocycles. The van der Waals surface area contributed by atoms with Crippen molar-refractivity contribution >= 4 is 11.0 Å². The second-order valence-electron chi connectivity index (χ2n) is 5.60. The zero-order valence-corrected chi connectivity index (χ0v) is 12.7. The molecular formula is C17H16N6. The van der Waals surface area contributed by atoms with Crippen LogP contribution in [0.25, 0.3) is 22.6 Å². The van der Waals surface area contributed by atoms with Crippen LogP contribution < -0.4 is 0 Å². The molecule has 0 spiro atoms. The fourth-order valence-electron chi connectivity index (χ4n) is 2.63. The van der Waals surface area contributed by atoms with E-state index in [0.29, 0.717) is 0 Å². The number of hydrogen-bond acceptors (Lipinski definition) is 4. The SMILES string of the molecule is C[C@@H](Cc1cccnc1)n1cc(-c2nc3ccccc3[nH]2)nn1. The lowest BCUT2D eigenvalue weighted by molar-refractivity contribution is 0.474. The van der Waals surface area contributed by atoms with Crippen molar-refractivity contribution in [2.75, 3.05) is 0 Å². The normalized spacial score (nSPS) is 12.6. The Morgan fingerprint density at radius 3 is 2.91 bits per heavy atom. The van der Waals surface area contributed by atoms with Gasteiger partial charge in [0.15, 0.2) is 5.82 Å². The standard InChI is InChI=1S/C17H16N6/c1-12(9-13-5-4-8-18-10-13)23-11-16(21-22-23)17-19-14-6-2-3-7-15(14)20-17/h2-8,10-12H,9H2,1H3,(H,19,20)/t12-/m0/s1. The highest BCUT2D eigenvalue weighted by Gasteiger charge is 2.13. The Bertz CT molecular complexity index is 891. The van der Waals surface area contributed by atoms with Crippen molar-refractivity contribution in [1.29, 1.82) is 0 Å². The van der Waals surface area contributed by atoms with Crippen LogP contribution in [0, 0.1) is 0 Å². The first-order valence-electron chi connectivity index (χ1n) is 7.55. The molecule has 0 saturated heterocycles. The van der Waals surface area contributed by atoms with Gasteiger partial charge in [-0.25, -0.2) is 9.67 Å². The number of aromatic amines is 1. The minimum absolute atomic E-state index is 0.199. The van der Waals surface area contributed by atoms with Gasteiger partial charge in [0, 0.05) is 12.4 Å². The number of benzene rings is 1. The monoisotopic (exact) mass is 304 g/mol. The lowest BCUT2D eigenvalue weighted by atomic mass is 10.1. The predicted octanol–water partition coefficient (Wildman–Crippen LogP) is 3.02. The second-order valence-corrected chi connectivity index (χ2v) is 5.60. The number of imidazole rings is 1. The van der Waals surface area contributed by atoms with Crippen molar-refractivity contribution in [1.82, 2.24) is 29.9 Å². The Hall–Kier alpha value is -3.02. The molecule has 1 atom stereocenters. The molecule has 0 bridgehead atoms. The molecule has 0 fully saturated rings. The molecule has 0 amide bonds. The number of fused-ring (bicyclic) bond motifs is 1. The molecule has 6 nitrogen and oxygen atoms in total. The van der Waals surface area contributed by atoms with Gasteiger partial charge in [-0.05, 0) is 37.1 Å². The second kappa shape index (κ2) is 5.64. The number of rotatable bonds is 4. The highest BCUT2D eigenvalue weighted by Crippen LogP contribution is 2.20. The fourth-order valence-corrected chi connectivity index (χ4v) is 2.63. The van der Waals surface area contributed by atoms with Gasteiger partial charge < -0.3 is 4.98 Å². The Balaban J connectivity index is 1.58. The summed E-state index contributed by atoms with van der Waals surface area (Å²) in [4.78, 5) is 12.0. The third-order valence-electron chi connectivity index (χ3n) is 3.85. The topological polar surface area (TPSA) is 72.3 Å². The van der Waals surface area contributed by atoms with E-state index in [-0.39, 0.29) is 6.04 Å². The number of nitrogens with zero attached hydrogens (tertiary/aromatic N) is 5. The van der Waals surface area contributed by atoms with Gasteiger partial charge in [0.25, 0.3) is 0 Å². The van der Waals surface area contributed by atoms with Gasteiger partial charge in [-0.3, -0.25) is 4.98 Å². The van der Waals surface area contributed by atoms with Crippen LogP contribution in [-0.4, -0.2) is 29.9 Å². The summed E-state index contributed by atoms with van der Waals surface area (Å²) in [6.07, 6.45) is 6.45. The van der Waals surface area contributed by atoms with Crippen molar-refractivity contribution in [2.24, 2.45) is 0 Å². The average molecular weight is 304 g/mol. The van der Waals surface area contributed by atoms with Gasteiger partial charge >= 0.3 is 0 Å². The van der Waals surface area contributed by atoms with E-state index >= 15 is 0 Å². The summed E-state index contributed by atoms with van der Waals surface area (Å²) in [5.74, 6) is 0.742. The van der Waals surface area contributed by atoms with Crippen LogP contribution in [0.3, 0.4) is 0 Å². The number of nitrogens with one attached hydrogen (secondary N) is 1. The Kier molecular flexibility index (Phi) is 3.34. The Labute approximate surface area is 133 Å². The van der Waals surface area contributed by atoms with Crippen LogP contribution in [0.15, 0.2) is 55.0 Å². The maximum Gasteiger partial charge on any atom is 0.160 e. The highest BCUT2D eigenvalue weighted by atomic mass is 15.4. The zero-order chi connectivity index (χ0) is 15.6. The first-order valence-corrected chi connectivity index (χ1v) is 7.55. The van der Waals surface area contributed by atoms with Crippen molar-refractivity contribution in [3.63, 3.8) is 0 Å². The van der Waals surface area contributed by atoms with E-state index in [4.69, 9.17) is 0 Å². The molecule has 114 valence electrons. The summed E-state index contributed by atoms with van der Waals surface area (Å²) in [6, 6.07) is 12.2. The van der Waals surface area contributed by atoms with Crippen LogP contribution in [-0.2, 0) is 6.42 Å². The first kappa shape index (κ1) is 13.6. The van der Waals surface area contributed by atoms with E-state index in [9.17, 15) is 0 Å². The smallest absolute Gasteiger partial charge is 0.160 e. The molecule has 4 rings (SSSR count). The molecule has 0 aliphatic heterocycles. The summed E-state index contributed by atoms with van der Waals surface area (Å²) < 4.78 is 1.87. The quantitative estimate of drug-likeness (QED) is 0.629. The number of pyridine rings is 1. The molecule has 0 saturated carbocycles. The Morgan fingerprint density at radius 1 is 1.17 bits per heavy atom. The van der Waals surface area contributed by atoms with Crippen molar-refractivity contribution in [2.45, 2.75) is 19.4 Å². The maximum atomic E-state index is 4.56. The average Bonchev–Trinajstić information content (AvgIpc) is 3.22. The molecule has 0 radical (unpaired) electrons. The molecular weight excluding hydrogens is 288 g/mol. The number of aromatic nitrogens is 6. The summed E-state index contributed by atoms with van der Waals surface area (Å²) in [6.45, 7) is 2.12. The van der Waals surface area contributed by atoms with Crippen molar-refractivity contribution < 1.29 is 0 Å². The molecule has 0 aliphatic carbocycles. The molecule has 1 aromatic carbocycles. The minimum Gasteiger partial charge on any atom is -0.337 e. The number of para-hydroxylation sites is 2. The molecule has 1 N–H and O–H groups in total. The summed E-state index contributed by atoms with van der Waals surface area (Å²) >= 11 is 0. The fraction of sp³-hybridized carbons (Fsp3) is 0.176. The molecule has 0 unspecified atom stereocenters. The van der Waals surface area contributed by atoms with Gasteiger partial charge in [0.1, 0.15) is 5.69 Å². The van der Waals surface area contributed by atoms with Crippen LogP contribution in [0.2, 0.25) is 0 Å². The highest BCUT2D eigenvalue weighted by molar-refractivity contribution is 5.78. The zero-order valence-electron chi connectivity index (χ0n) is 12.7. The van der Waals surface area contributed by atoms with Gasteiger partial charge in [-0.2, -0.15) is 0 Å². The maximum absolute atomic E-state index is 4.56. The van der Waals surface area contributed by atoms with E-state index in [1.54, 1.807) is 6.20 Å². The van der Waals surface area contributed by atoms with Crippen LogP contribution in [0.4, 0.5) is 0 Å². The predicted molar refractivity (Wildman–Crippen MR) is 87.8 cm³/mol. The van der Waals surface area contributed by atoms with E-state index in [2.05, 4.69) is 38.3 Å². The van der Waals surface area contributed by atoms with Crippen LogP contribution in [0.1, 0.15) is 18.5 Å². The van der Waals surface area contributed by atoms with E-state index in [1.165, 1.54) is 5.56 Å². The molecule has 0 aliphatic rings. The molecule has 23 heavy (non-hydrogen) atoms. The van der Waals surface area contributed by atoms with Crippen LogP contribution >= 0.6 is 0 Å². The first-order chi connectivity index (χ1) is 11.3. The van der Waals surface area contributed by atoms with E-state index < -0.39 is 0 Å². The largest absolute Gasteiger partial charge is 0.337 e. The molecule has 6 heteroatoms. The summed E-state index contributed by atoms with van der Waals surface area (Å²) in [5.41, 5.74) is 3.86. The van der Waals surface area contributed by atoms with Gasteiger partial charge in [-0.15, -0.1) is 5.10 Å². The third kappa shape index (κ3) is 2.70. The van der Waals surface area contributed by atoms with Crippen LogP contribution in [0.5, 0.6) is 0 Å². The molecule has 4 aromatic rings. The van der Waals surface area contributed by atoms with Crippen molar-refractivity contribution in [3.8, 4) is 11.5 Å². The number of H-pyrrole nitrogens is 1. The minimum atomic E-state index is 0.199. The van der Waals surface area contributed by atoms with Crippen molar-refractivity contribution in [3.05, 3.63) is 60.6 Å². The third-order valence-corrected chi connectivity index (χ3v) is 3.85. The summed E-state index contributed by atoms with van der Waals surface area (Å²) in [7, 11) is 0. The Morgan fingerprint density at radius 2 is 2.09 bits per heavy atom. The lowest BCUT2D eigenvalue weighted by Crippen LogP contribution is -2.09. The number of hydrogen-bond donors (Lipinski definition) is 1. The van der Waals surface area contributed by atoms with Gasteiger partial charge in [-0.1, -0.05) is 23.4 Å². The van der Waals surface area contributed by atoms with Gasteiger partial charge in [0.2, 0.25) is 0 Å². The van der Waals surface area contributed by atoms with E-state index in [1.807, 2.05) is 47.4 Å². The van der Waals surface area contributed by atoms with E-state index in [0.717, 1.165) is 29.0 Å². The molecule has 3 aromatic heterocycles. The summed E-state index contributed by atoms with van der Waals surface area (Å²) in [5, 5.41) is 8.49. The van der Waals surface area contributed by atoms with Gasteiger partial charge in [0.05, 0.1) is 23.3 Å². The lowest BCUT2D eigenvalue weighted by Gasteiger charge is -2.10.